The second kappa shape index (κ2) is 8.10. The summed E-state index contributed by atoms with van der Waals surface area (Å²) in [6, 6.07) is 6.89. The van der Waals surface area contributed by atoms with Crippen molar-refractivity contribution in [3.63, 3.8) is 0 Å². The molecule has 0 spiro atoms. The molecule has 2 heterocycles. The molecular weight excluding hydrogens is 368 g/mol. The van der Waals surface area contributed by atoms with Crippen LogP contribution in [0, 0.1) is 0 Å². The van der Waals surface area contributed by atoms with Gasteiger partial charge in [-0.2, -0.15) is 9.40 Å². The van der Waals surface area contributed by atoms with Crippen molar-refractivity contribution in [1.29, 1.82) is 0 Å². The van der Waals surface area contributed by atoms with E-state index in [1.54, 1.807) is 24.3 Å². The standard InChI is InChI=1S/C18H24N4O4S/c1-3-21-13-16(17(23)19-14-8-7-9-15(12-14)26-2)18(20-21)27(24,25)22-10-5-4-6-11-22/h7-9,12-13H,3-6,10-11H2,1-2H3,(H,19,23). The average molecular weight is 392 g/mol. The van der Waals surface area contributed by atoms with Gasteiger partial charge in [0.2, 0.25) is 5.03 Å². The predicted octanol–water partition coefficient (Wildman–Crippen LogP) is 2.34. The molecule has 1 saturated heterocycles. The van der Waals surface area contributed by atoms with E-state index in [2.05, 4.69) is 10.4 Å². The first-order chi connectivity index (χ1) is 13.0. The van der Waals surface area contributed by atoms with E-state index in [9.17, 15) is 13.2 Å². The van der Waals surface area contributed by atoms with Crippen LogP contribution in [0.5, 0.6) is 5.75 Å². The second-order valence-electron chi connectivity index (χ2n) is 6.35. The predicted molar refractivity (Wildman–Crippen MR) is 101 cm³/mol. The number of hydrogen-bond acceptors (Lipinski definition) is 5. The van der Waals surface area contributed by atoms with Gasteiger partial charge in [0.25, 0.3) is 15.9 Å². The fraction of sp³-hybridized carbons (Fsp3) is 0.444. The van der Waals surface area contributed by atoms with E-state index in [1.807, 2.05) is 6.92 Å². The van der Waals surface area contributed by atoms with Crippen molar-refractivity contribution in [3.05, 3.63) is 36.0 Å². The smallest absolute Gasteiger partial charge is 0.263 e. The molecule has 1 amide bonds. The molecule has 1 aliphatic heterocycles. The molecule has 3 rings (SSSR count). The van der Waals surface area contributed by atoms with Crippen molar-refractivity contribution in [3.8, 4) is 5.75 Å². The van der Waals surface area contributed by atoms with Gasteiger partial charge in [0.1, 0.15) is 5.75 Å². The van der Waals surface area contributed by atoms with Crippen molar-refractivity contribution < 1.29 is 17.9 Å². The van der Waals surface area contributed by atoms with Gasteiger partial charge < -0.3 is 10.1 Å². The zero-order valence-corrected chi connectivity index (χ0v) is 16.3. The number of hydrogen-bond donors (Lipinski definition) is 1. The van der Waals surface area contributed by atoms with Crippen LogP contribution in [0.25, 0.3) is 0 Å². The molecule has 1 aliphatic rings. The molecule has 0 atom stereocenters. The summed E-state index contributed by atoms with van der Waals surface area (Å²) in [5.74, 6) is 0.0803. The zero-order valence-electron chi connectivity index (χ0n) is 15.5. The van der Waals surface area contributed by atoms with Gasteiger partial charge in [0, 0.05) is 37.6 Å². The highest BCUT2D eigenvalue weighted by Crippen LogP contribution is 2.24. The molecule has 0 bridgehead atoms. The van der Waals surface area contributed by atoms with Crippen LogP contribution in [0.2, 0.25) is 0 Å². The van der Waals surface area contributed by atoms with Crippen LogP contribution in [0.4, 0.5) is 5.69 Å². The molecule has 8 nitrogen and oxygen atoms in total. The van der Waals surface area contributed by atoms with E-state index in [-0.39, 0.29) is 10.6 Å². The normalized spacial score (nSPS) is 15.5. The number of nitrogens with zero attached hydrogens (tertiary/aromatic N) is 3. The summed E-state index contributed by atoms with van der Waals surface area (Å²) < 4.78 is 34.1. The average Bonchev–Trinajstić information content (AvgIpc) is 3.14. The molecular formula is C18H24N4O4S. The zero-order chi connectivity index (χ0) is 19.4. The molecule has 0 radical (unpaired) electrons. The van der Waals surface area contributed by atoms with Crippen LogP contribution in [0.1, 0.15) is 36.5 Å². The van der Waals surface area contributed by atoms with Crippen molar-refractivity contribution in [1.82, 2.24) is 14.1 Å². The number of piperidine rings is 1. The molecule has 0 unspecified atom stereocenters. The number of carbonyl (C=O) groups excluding carboxylic acids is 1. The molecule has 9 heteroatoms. The monoisotopic (exact) mass is 392 g/mol. The molecule has 0 saturated carbocycles. The number of amides is 1. The van der Waals surface area contributed by atoms with Gasteiger partial charge in [-0.3, -0.25) is 9.48 Å². The summed E-state index contributed by atoms with van der Waals surface area (Å²) in [6.07, 6.45) is 4.13. The number of anilines is 1. The maximum atomic E-state index is 13.0. The van der Waals surface area contributed by atoms with E-state index in [0.29, 0.717) is 31.1 Å². The lowest BCUT2D eigenvalue weighted by molar-refractivity contribution is 0.102. The van der Waals surface area contributed by atoms with Gasteiger partial charge in [0.15, 0.2) is 0 Å². The lowest BCUT2D eigenvalue weighted by atomic mass is 10.2. The number of carbonyl (C=O) groups is 1. The van der Waals surface area contributed by atoms with Crippen molar-refractivity contribution >= 4 is 21.6 Å². The third-order valence-corrected chi connectivity index (χ3v) is 6.36. The molecule has 0 aliphatic carbocycles. The van der Waals surface area contributed by atoms with Crippen LogP contribution in [-0.4, -0.2) is 48.6 Å². The first kappa shape index (κ1) is 19.4. The number of aromatic nitrogens is 2. The highest BCUT2D eigenvalue weighted by atomic mass is 32.2. The minimum Gasteiger partial charge on any atom is -0.497 e. The molecule has 1 aromatic heterocycles. The summed E-state index contributed by atoms with van der Waals surface area (Å²) in [5.41, 5.74) is 0.565. The van der Waals surface area contributed by atoms with Gasteiger partial charge in [-0.05, 0) is 31.9 Å². The quantitative estimate of drug-likeness (QED) is 0.814. The Labute approximate surface area is 159 Å². The number of rotatable bonds is 6. The highest BCUT2D eigenvalue weighted by molar-refractivity contribution is 7.89. The largest absolute Gasteiger partial charge is 0.497 e. The number of ether oxygens (including phenoxy) is 1. The maximum Gasteiger partial charge on any atom is 0.263 e. The summed E-state index contributed by atoms with van der Waals surface area (Å²) in [4.78, 5) is 12.8. The summed E-state index contributed by atoms with van der Waals surface area (Å²) in [5, 5.41) is 6.72. The van der Waals surface area contributed by atoms with Crippen LogP contribution < -0.4 is 10.1 Å². The summed E-state index contributed by atoms with van der Waals surface area (Å²) >= 11 is 0. The number of benzene rings is 1. The Balaban J connectivity index is 1.92. The Morgan fingerprint density at radius 1 is 1.26 bits per heavy atom. The van der Waals surface area contributed by atoms with Gasteiger partial charge in [-0.15, -0.1) is 0 Å². The van der Waals surface area contributed by atoms with E-state index >= 15 is 0 Å². The van der Waals surface area contributed by atoms with Crippen LogP contribution in [0.15, 0.2) is 35.5 Å². The first-order valence-electron chi connectivity index (χ1n) is 8.98. The Hall–Kier alpha value is -2.39. The Morgan fingerprint density at radius 2 is 2.00 bits per heavy atom. The minimum absolute atomic E-state index is 0.0465. The molecule has 1 aromatic carbocycles. The van der Waals surface area contributed by atoms with Crippen molar-refractivity contribution in [2.24, 2.45) is 0 Å². The fourth-order valence-electron chi connectivity index (χ4n) is 3.04. The van der Waals surface area contributed by atoms with Gasteiger partial charge >= 0.3 is 0 Å². The van der Waals surface area contributed by atoms with Crippen LogP contribution in [-0.2, 0) is 16.6 Å². The molecule has 1 N–H and O–H groups in total. The highest BCUT2D eigenvalue weighted by Gasteiger charge is 2.33. The Kier molecular flexibility index (Phi) is 5.81. The van der Waals surface area contributed by atoms with Crippen LogP contribution >= 0.6 is 0 Å². The van der Waals surface area contributed by atoms with Gasteiger partial charge in [-0.25, -0.2) is 8.42 Å². The number of methoxy groups -OCH3 is 1. The number of sulfonamides is 1. The fourth-order valence-corrected chi connectivity index (χ4v) is 4.65. The molecule has 146 valence electrons. The van der Waals surface area contributed by atoms with Gasteiger partial charge in [0.05, 0.1) is 12.7 Å². The molecule has 27 heavy (non-hydrogen) atoms. The van der Waals surface area contributed by atoms with Crippen molar-refractivity contribution in [2.45, 2.75) is 37.8 Å². The van der Waals surface area contributed by atoms with E-state index in [0.717, 1.165) is 19.3 Å². The minimum atomic E-state index is -3.82. The summed E-state index contributed by atoms with van der Waals surface area (Å²) in [7, 11) is -2.28. The van der Waals surface area contributed by atoms with E-state index in [1.165, 1.54) is 22.3 Å². The van der Waals surface area contributed by atoms with Crippen LogP contribution in [0.3, 0.4) is 0 Å². The third kappa shape index (κ3) is 4.14. The first-order valence-corrected chi connectivity index (χ1v) is 10.4. The Bertz CT molecular complexity index is 917. The Morgan fingerprint density at radius 3 is 2.67 bits per heavy atom. The lowest BCUT2D eigenvalue weighted by Crippen LogP contribution is -2.36. The second-order valence-corrected chi connectivity index (χ2v) is 8.21. The molecule has 2 aromatic rings. The summed E-state index contributed by atoms with van der Waals surface area (Å²) in [6.45, 7) is 3.22. The topological polar surface area (TPSA) is 93.5 Å². The van der Waals surface area contributed by atoms with Crippen molar-refractivity contribution in [2.75, 3.05) is 25.5 Å². The maximum absolute atomic E-state index is 13.0. The third-order valence-electron chi connectivity index (χ3n) is 4.52. The van der Waals surface area contributed by atoms with Gasteiger partial charge in [-0.1, -0.05) is 12.5 Å². The lowest BCUT2D eigenvalue weighted by Gasteiger charge is -2.25. The number of aryl methyl sites for hydroxylation is 1. The SMILES string of the molecule is CCn1cc(C(=O)Nc2cccc(OC)c2)c(S(=O)(=O)N2CCCCC2)n1. The van der Waals surface area contributed by atoms with E-state index < -0.39 is 15.9 Å². The molecule has 1 fully saturated rings. The van der Waals surface area contributed by atoms with E-state index in [4.69, 9.17) is 4.74 Å². The number of nitrogens with one attached hydrogen (secondary N) is 1.